The number of carbonyl (C=O) groups is 1. The van der Waals surface area contributed by atoms with E-state index in [1.807, 2.05) is 11.6 Å². The Balaban J connectivity index is 1.68. The molecule has 1 aromatic carbocycles. The quantitative estimate of drug-likeness (QED) is 0.703. The molecule has 0 spiro atoms. The van der Waals surface area contributed by atoms with E-state index in [0.717, 1.165) is 23.0 Å². The van der Waals surface area contributed by atoms with Crippen LogP contribution in [0.15, 0.2) is 34.3 Å². The summed E-state index contributed by atoms with van der Waals surface area (Å²) in [7, 11) is 1.30. The van der Waals surface area contributed by atoms with Gasteiger partial charge in [-0.3, -0.25) is 4.79 Å². The molecular formula is C17H23N5O3S2. The monoisotopic (exact) mass is 409 g/mol. The summed E-state index contributed by atoms with van der Waals surface area (Å²) in [5.41, 5.74) is 0.437. The first kappa shape index (κ1) is 19.8. The molecule has 27 heavy (non-hydrogen) atoms. The Morgan fingerprint density at radius 2 is 2.04 bits per heavy atom. The number of benzene rings is 1. The van der Waals surface area contributed by atoms with Crippen LogP contribution in [0.5, 0.6) is 0 Å². The van der Waals surface area contributed by atoms with Crippen LogP contribution < -0.4 is 5.32 Å². The number of hydrogen-bond acceptors (Lipinski definition) is 6. The molecule has 0 bridgehead atoms. The second-order valence-electron chi connectivity index (χ2n) is 6.74. The molecule has 1 amide bonds. The summed E-state index contributed by atoms with van der Waals surface area (Å²) < 4.78 is 27.5. The van der Waals surface area contributed by atoms with Crippen molar-refractivity contribution in [1.29, 1.82) is 0 Å². The Labute approximate surface area is 163 Å². The molecule has 0 saturated heterocycles. The van der Waals surface area contributed by atoms with E-state index in [-0.39, 0.29) is 10.8 Å². The smallest absolute Gasteiger partial charge is 0.242 e. The lowest BCUT2D eigenvalue weighted by Crippen LogP contribution is -2.24. The Morgan fingerprint density at radius 3 is 2.67 bits per heavy atom. The number of nitrogens with one attached hydrogen (secondary N) is 1. The number of amides is 1. The van der Waals surface area contributed by atoms with E-state index in [2.05, 4.69) is 15.5 Å². The van der Waals surface area contributed by atoms with E-state index in [1.54, 1.807) is 19.1 Å². The lowest BCUT2D eigenvalue weighted by Gasteiger charge is -2.14. The van der Waals surface area contributed by atoms with Crippen LogP contribution in [0.2, 0.25) is 0 Å². The van der Waals surface area contributed by atoms with E-state index in [1.165, 1.54) is 38.0 Å². The van der Waals surface area contributed by atoms with Gasteiger partial charge in [0, 0.05) is 32.7 Å². The Kier molecular flexibility index (Phi) is 5.59. The number of sulfonamides is 1. The number of carbonyl (C=O) groups excluding carboxylic acids is 1. The fraction of sp³-hybridized carbons (Fsp3) is 0.471. The highest BCUT2D eigenvalue weighted by molar-refractivity contribution is 8.00. The second-order valence-corrected chi connectivity index (χ2v) is 10.2. The van der Waals surface area contributed by atoms with Gasteiger partial charge in [0.15, 0.2) is 5.16 Å². The van der Waals surface area contributed by atoms with Crippen LogP contribution in [0.1, 0.15) is 31.5 Å². The molecule has 0 aliphatic heterocycles. The van der Waals surface area contributed by atoms with Gasteiger partial charge in [-0.15, -0.1) is 10.2 Å². The van der Waals surface area contributed by atoms with Crippen molar-refractivity contribution < 1.29 is 13.2 Å². The maximum Gasteiger partial charge on any atom is 0.242 e. The topological polar surface area (TPSA) is 97.2 Å². The molecule has 1 heterocycles. The summed E-state index contributed by atoms with van der Waals surface area (Å²) in [4.78, 5) is 12.7. The number of hydrogen-bond donors (Lipinski definition) is 1. The number of rotatable bonds is 7. The summed E-state index contributed by atoms with van der Waals surface area (Å²) in [5.74, 6) is 1.23. The van der Waals surface area contributed by atoms with Gasteiger partial charge in [-0.25, -0.2) is 12.7 Å². The lowest BCUT2D eigenvalue weighted by molar-refractivity contribution is -0.115. The number of aromatic nitrogens is 3. The maximum atomic E-state index is 12.5. The van der Waals surface area contributed by atoms with Crippen LogP contribution in [-0.4, -0.2) is 52.7 Å². The molecule has 0 unspecified atom stereocenters. The van der Waals surface area contributed by atoms with Crippen LogP contribution in [0.4, 0.5) is 5.69 Å². The molecule has 1 aliphatic rings. The molecule has 2 aromatic rings. The minimum Gasteiger partial charge on any atom is -0.325 e. The first-order valence-corrected chi connectivity index (χ1v) is 10.9. The molecular weight excluding hydrogens is 386 g/mol. The highest BCUT2D eigenvalue weighted by atomic mass is 32.2. The predicted octanol–water partition coefficient (Wildman–Crippen LogP) is 2.06. The van der Waals surface area contributed by atoms with Crippen molar-refractivity contribution in [3.8, 4) is 0 Å². The van der Waals surface area contributed by atoms with Crippen molar-refractivity contribution in [3.63, 3.8) is 0 Å². The van der Waals surface area contributed by atoms with E-state index in [0.29, 0.717) is 16.8 Å². The highest BCUT2D eigenvalue weighted by Gasteiger charge is 2.30. The largest absolute Gasteiger partial charge is 0.325 e. The van der Waals surface area contributed by atoms with Crippen molar-refractivity contribution >= 4 is 33.4 Å². The summed E-state index contributed by atoms with van der Waals surface area (Å²) in [6.45, 7) is 1.78. The Hall–Kier alpha value is -1.91. The zero-order valence-electron chi connectivity index (χ0n) is 15.7. The van der Waals surface area contributed by atoms with Crippen LogP contribution in [0, 0.1) is 0 Å². The van der Waals surface area contributed by atoms with Gasteiger partial charge in [-0.1, -0.05) is 17.8 Å². The maximum absolute atomic E-state index is 12.5. The van der Waals surface area contributed by atoms with Gasteiger partial charge < -0.3 is 9.88 Å². The molecule has 146 valence electrons. The molecule has 1 aromatic heterocycles. The van der Waals surface area contributed by atoms with E-state index in [9.17, 15) is 13.2 Å². The van der Waals surface area contributed by atoms with Gasteiger partial charge in [0.1, 0.15) is 5.82 Å². The average Bonchev–Trinajstić information content (AvgIpc) is 3.40. The zero-order chi connectivity index (χ0) is 19.8. The lowest BCUT2D eigenvalue weighted by atomic mass is 10.3. The summed E-state index contributed by atoms with van der Waals surface area (Å²) in [6.07, 6.45) is 2.28. The molecule has 8 nitrogen and oxygen atoms in total. The van der Waals surface area contributed by atoms with Crippen LogP contribution in [0.3, 0.4) is 0 Å². The van der Waals surface area contributed by atoms with Gasteiger partial charge in [0.2, 0.25) is 15.9 Å². The van der Waals surface area contributed by atoms with Crippen molar-refractivity contribution in [2.24, 2.45) is 7.05 Å². The van der Waals surface area contributed by atoms with Gasteiger partial charge >= 0.3 is 0 Å². The normalized spacial score (nSPS) is 15.7. The standard InChI is InChI=1S/C17H23N5O3S2/c1-11(26-17-20-19-15(22(17)4)12-8-9-12)16(23)18-13-6-5-7-14(10-13)27(24,25)21(2)3/h5-7,10-12H,8-9H2,1-4H3,(H,18,23)/t11-/m1/s1. The summed E-state index contributed by atoms with van der Waals surface area (Å²) in [6, 6.07) is 6.23. The highest BCUT2D eigenvalue weighted by Crippen LogP contribution is 2.39. The molecule has 1 aliphatic carbocycles. The van der Waals surface area contributed by atoms with Crippen molar-refractivity contribution in [3.05, 3.63) is 30.1 Å². The van der Waals surface area contributed by atoms with Gasteiger partial charge in [-0.05, 0) is 38.0 Å². The van der Waals surface area contributed by atoms with E-state index >= 15 is 0 Å². The van der Waals surface area contributed by atoms with Gasteiger partial charge in [0.25, 0.3) is 0 Å². The van der Waals surface area contributed by atoms with E-state index < -0.39 is 15.3 Å². The van der Waals surface area contributed by atoms with Gasteiger partial charge in [0.05, 0.1) is 10.1 Å². The molecule has 3 rings (SSSR count). The third-order valence-electron chi connectivity index (χ3n) is 4.34. The van der Waals surface area contributed by atoms with Crippen molar-refractivity contribution in [1.82, 2.24) is 19.1 Å². The average molecular weight is 410 g/mol. The Bertz CT molecular complexity index is 951. The molecule has 1 N–H and O–H groups in total. The molecule has 1 fully saturated rings. The van der Waals surface area contributed by atoms with E-state index in [4.69, 9.17) is 0 Å². The number of thioether (sulfide) groups is 1. The van der Waals surface area contributed by atoms with Gasteiger partial charge in [-0.2, -0.15) is 0 Å². The minimum atomic E-state index is -3.55. The fourth-order valence-electron chi connectivity index (χ4n) is 2.53. The summed E-state index contributed by atoms with van der Waals surface area (Å²) >= 11 is 1.33. The van der Waals surface area contributed by atoms with Crippen LogP contribution >= 0.6 is 11.8 Å². The van der Waals surface area contributed by atoms with Crippen LogP contribution in [-0.2, 0) is 21.9 Å². The first-order valence-electron chi connectivity index (χ1n) is 8.59. The molecule has 1 saturated carbocycles. The second kappa shape index (κ2) is 7.61. The molecule has 10 heteroatoms. The minimum absolute atomic E-state index is 0.132. The van der Waals surface area contributed by atoms with Crippen LogP contribution in [0.25, 0.3) is 0 Å². The molecule has 0 radical (unpaired) electrons. The number of anilines is 1. The third-order valence-corrected chi connectivity index (χ3v) is 7.29. The molecule has 1 atom stereocenters. The van der Waals surface area contributed by atoms with Crippen molar-refractivity contribution in [2.75, 3.05) is 19.4 Å². The number of nitrogens with zero attached hydrogens (tertiary/aromatic N) is 4. The Morgan fingerprint density at radius 1 is 1.33 bits per heavy atom. The first-order chi connectivity index (χ1) is 12.7. The predicted molar refractivity (Wildman–Crippen MR) is 104 cm³/mol. The van der Waals surface area contributed by atoms with Crippen molar-refractivity contribution in [2.45, 2.75) is 41.0 Å². The third kappa shape index (κ3) is 4.33. The SMILES string of the molecule is C[C@@H](Sc1nnc(C2CC2)n1C)C(=O)Nc1cccc(S(=O)(=O)N(C)C)c1. The summed E-state index contributed by atoms with van der Waals surface area (Å²) in [5, 5.41) is 11.5. The zero-order valence-corrected chi connectivity index (χ0v) is 17.3. The fourth-order valence-corrected chi connectivity index (χ4v) is 4.30.